The van der Waals surface area contributed by atoms with Gasteiger partial charge in [-0.1, -0.05) is 24.6 Å². The number of rotatable bonds is 4. The number of carbonyl (C=O) groups is 1. The standard InChI is InChI=1S/C16H23ClN2O2/c1-4-14(16(20)19-9-7-18(3)8-10-19)21-15-11-12(2)5-6-13(15)17/h5-6,11,14H,4,7-10H2,1-3H3/t14-/m0/s1. The van der Waals surface area contributed by atoms with Gasteiger partial charge in [0.15, 0.2) is 6.10 Å². The highest BCUT2D eigenvalue weighted by atomic mass is 35.5. The minimum atomic E-state index is -0.465. The molecular weight excluding hydrogens is 288 g/mol. The summed E-state index contributed by atoms with van der Waals surface area (Å²) in [6.45, 7) is 7.28. The summed E-state index contributed by atoms with van der Waals surface area (Å²) in [5.41, 5.74) is 1.07. The van der Waals surface area contributed by atoms with E-state index in [1.165, 1.54) is 0 Å². The Morgan fingerprint density at radius 3 is 2.62 bits per heavy atom. The molecule has 5 heteroatoms. The van der Waals surface area contributed by atoms with Crippen LogP contribution in [0.5, 0.6) is 5.75 Å². The maximum atomic E-state index is 12.6. The van der Waals surface area contributed by atoms with Crippen molar-refractivity contribution in [2.75, 3.05) is 33.2 Å². The van der Waals surface area contributed by atoms with Gasteiger partial charge in [-0.3, -0.25) is 4.79 Å². The van der Waals surface area contributed by atoms with Crippen LogP contribution in [0.3, 0.4) is 0 Å². The van der Waals surface area contributed by atoms with Crippen molar-refractivity contribution in [2.45, 2.75) is 26.4 Å². The van der Waals surface area contributed by atoms with Crippen LogP contribution in [0.15, 0.2) is 18.2 Å². The second kappa shape index (κ2) is 7.14. The molecule has 0 aliphatic carbocycles. The molecule has 1 fully saturated rings. The first-order valence-corrected chi connectivity index (χ1v) is 7.79. The molecule has 1 atom stereocenters. The van der Waals surface area contributed by atoms with Crippen molar-refractivity contribution in [3.63, 3.8) is 0 Å². The first-order chi connectivity index (χ1) is 10.0. The zero-order valence-corrected chi connectivity index (χ0v) is 13.7. The first kappa shape index (κ1) is 16.1. The van der Waals surface area contributed by atoms with Crippen molar-refractivity contribution in [1.82, 2.24) is 9.80 Å². The van der Waals surface area contributed by atoms with Crippen LogP contribution in [0, 0.1) is 6.92 Å². The van der Waals surface area contributed by atoms with Gasteiger partial charge in [0.2, 0.25) is 0 Å². The van der Waals surface area contributed by atoms with Gasteiger partial charge in [-0.05, 0) is 38.1 Å². The molecule has 2 rings (SSSR count). The largest absolute Gasteiger partial charge is 0.479 e. The van der Waals surface area contributed by atoms with Gasteiger partial charge in [-0.2, -0.15) is 0 Å². The third-order valence-corrected chi connectivity index (χ3v) is 4.13. The van der Waals surface area contributed by atoms with Crippen molar-refractivity contribution in [3.05, 3.63) is 28.8 Å². The van der Waals surface area contributed by atoms with Crippen LogP contribution in [-0.2, 0) is 4.79 Å². The molecule has 4 nitrogen and oxygen atoms in total. The lowest BCUT2D eigenvalue weighted by Gasteiger charge is -2.34. The quantitative estimate of drug-likeness (QED) is 0.857. The molecule has 1 amide bonds. The van der Waals surface area contributed by atoms with Crippen LogP contribution in [-0.4, -0.2) is 55.0 Å². The Labute approximate surface area is 131 Å². The lowest BCUT2D eigenvalue weighted by molar-refractivity contribution is -0.140. The Balaban J connectivity index is 2.05. The number of piperazine rings is 1. The predicted octanol–water partition coefficient (Wildman–Crippen LogP) is 2.58. The van der Waals surface area contributed by atoms with Gasteiger partial charge in [-0.15, -0.1) is 0 Å². The Morgan fingerprint density at radius 2 is 2.00 bits per heavy atom. The minimum absolute atomic E-state index is 0.0585. The summed E-state index contributed by atoms with van der Waals surface area (Å²) in [7, 11) is 2.07. The monoisotopic (exact) mass is 310 g/mol. The fraction of sp³-hybridized carbons (Fsp3) is 0.562. The van der Waals surface area contributed by atoms with Crippen LogP contribution < -0.4 is 4.74 Å². The molecule has 0 unspecified atom stereocenters. The summed E-state index contributed by atoms with van der Waals surface area (Å²) in [6, 6.07) is 5.61. The van der Waals surface area contributed by atoms with E-state index in [0.29, 0.717) is 17.2 Å². The van der Waals surface area contributed by atoms with Gasteiger partial charge in [0.05, 0.1) is 5.02 Å². The lowest BCUT2D eigenvalue weighted by atomic mass is 10.2. The summed E-state index contributed by atoms with van der Waals surface area (Å²) < 4.78 is 5.88. The predicted molar refractivity (Wildman–Crippen MR) is 85.0 cm³/mol. The van der Waals surface area contributed by atoms with Crippen molar-refractivity contribution in [3.8, 4) is 5.75 Å². The molecule has 0 saturated carbocycles. The third-order valence-electron chi connectivity index (χ3n) is 3.82. The van der Waals surface area contributed by atoms with Crippen LogP contribution in [0.4, 0.5) is 0 Å². The van der Waals surface area contributed by atoms with Crippen LogP contribution in [0.1, 0.15) is 18.9 Å². The highest BCUT2D eigenvalue weighted by molar-refractivity contribution is 6.32. The molecule has 1 aromatic carbocycles. The van der Waals surface area contributed by atoms with Crippen molar-refractivity contribution < 1.29 is 9.53 Å². The molecule has 0 bridgehead atoms. The minimum Gasteiger partial charge on any atom is -0.479 e. The van der Waals surface area contributed by atoms with Gasteiger partial charge >= 0.3 is 0 Å². The molecule has 1 aliphatic heterocycles. The smallest absolute Gasteiger partial charge is 0.263 e. The number of ether oxygens (including phenoxy) is 1. The molecule has 1 aliphatic rings. The molecule has 0 N–H and O–H groups in total. The second-order valence-corrected chi connectivity index (χ2v) is 5.98. The van der Waals surface area contributed by atoms with Crippen molar-refractivity contribution >= 4 is 17.5 Å². The number of carbonyl (C=O) groups excluding carboxylic acids is 1. The van der Waals surface area contributed by atoms with E-state index in [-0.39, 0.29) is 5.91 Å². The number of amides is 1. The molecule has 0 radical (unpaired) electrons. The number of hydrogen-bond acceptors (Lipinski definition) is 3. The summed E-state index contributed by atoms with van der Waals surface area (Å²) in [4.78, 5) is 16.7. The number of benzene rings is 1. The van der Waals surface area contributed by atoms with E-state index in [2.05, 4.69) is 11.9 Å². The first-order valence-electron chi connectivity index (χ1n) is 7.41. The van der Waals surface area contributed by atoms with E-state index in [9.17, 15) is 4.79 Å². The van der Waals surface area contributed by atoms with E-state index in [1.807, 2.05) is 30.9 Å². The summed E-state index contributed by atoms with van der Waals surface area (Å²) in [5.74, 6) is 0.647. The average molecular weight is 311 g/mol. The molecule has 0 aromatic heterocycles. The van der Waals surface area contributed by atoms with Crippen LogP contribution in [0.2, 0.25) is 5.02 Å². The Morgan fingerprint density at radius 1 is 1.33 bits per heavy atom. The maximum Gasteiger partial charge on any atom is 0.263 e. The van der Waals surface area contributed by atoms with Crippen molar-refractivity contribution in [2.24, 2.45) is 0 Å². The Kier molecular flexibility index (Phi) is 5.48. The number of nitrogens with zero attached hydrogens (tertiary/aromatic N) is 2. The highest BCUT2D eigenvalue weighted by Crippen LogP contribution is 2.27. The van der Waals surface area contributed by atoms with E-state index < -0.39 is 6.10 Å². The normalized spacial score (nSPS) is 17.6. The van der Waals surface area contributed by atoms with Crippen LogP contribution >= 0.6 is 11.6 Å². The Bertz CT molecular complexity index is 499. The fourth-order valence-corrected chi connectivity index (χ4v) is 2.56. The van der Waals surface area contributed by atoms with E-state index in [4.69, 9.17) is 16.3 Å². The van der Waals surface area contributed by atoms with Crippen molar-refractivity contribution in [1.29, 1.82) is 0 Å². The fourth-order valence-electron chi connectivity index (χ4n) is 2.39. The molecule has 116 valence electrons. The summed E-state index contributed by atoms with van der Waals surface area (Å²) in [6.07, 6.45) is 0.169. The van der Waals surface area contributed by atoms with Gasteiger partial charge in [-0.25, -0.2) is 0 Å². The molecule has 1 heterocycles. The van der Waals surface area contributed by atoms with Gasteiger partial charge in [0.25, 0.3) is 5.91 Å². The summed E-state index contributed by atoms with van der Waals surface area (Å²) >= 11 is 6.15. The number of hydrogen-bond donors (Lipinski definition) is 0. The maximum absolute atomic E-state index is 12.6. The molecule has 1 saturated heterocycles. The number of halogens is 1. The third kappa shape index (κ3) is 4.11. The zero-order valence-electron chi connectivity index (χ0n) is 12.9. The number of aryl methyl sites for hydroxylation is 1. The average Bonchev–Trinajstić information content (AvgIpc) is 2.48. The second-order valence-electron chi connectivity index (χ2n) is 5.58. The topological polar surface area (TPSA) is 32.8 Å². The lowest BCUT2D eigenvalue weighted by Crippen LogP contribution is -2.51. The highest BCUT2D eigenvalue weighted by Gasteiger charge is 2.27. The SMILES string of the molecule is CC[C@H](Oc1cc(C)ccc1Cl)C(=O)N1CCN(C)CC1. The molecular formula is C16H23ClN2O2. The van der Waals surface area contributed by atoms with Gasteiger partial charge in [0.1, 0.15) is 5.75 Å². The molecule has 1 aromatic rings. The number of likely N-dealkylation sites (N-methyl/N-ethyl adjacent to an activating group) is 1. The zero-order chi connectivity index (χ0) is 15.4. The Hall–Kier alpha value is -1.26. The van der Waals surface area contributed by atoms with E-state index in [1.54, 1.807) is 6.07 Å². The van der Waals surface area contributed by atoms with E-state index >= 15 is 0 Å². The molecule has 21 heavy (non-hydrogen) atoms. The van der Waals surface area contributed by atoms with Crippen LogP contribution in [0.25, 0.3) is 0 Å². The van der Waals surface area contributed by atoms with E-state index in [0.717, 1.165) is 31.7 Å². The molecule has 0 spiro atoms. The summed E-state index contributed by atoms with van der Waals surface area (Å²) in [5, 5.41) is 0.547. The van der Waals surface area contributed by atoms with Gasteiger partial charge < -0.3 is 14.5 Å². The van der Waals surface area contributed by atoms with Gasteiger partial charge in [0, 0.05) is 26.2 Å².